The van der Waals surface area contributed by atoms with Crippen LogP contribution in [0.4, 0.5) is 18.9 Å². The summed E-state index contributed by atoms with van der Waals surface area (Å²) in [6.45, 7) is 1.45. The van der Waals surface area contributed by atoms with E-state index in [4.69, 9.17) is 5.11 Å². The average molecular weight is 265 g/mol. The summed E-state index contributed by atoms with van der Waals surface area (Å²) in [7, 11) is 0. The van der Waals surface area contributed by atoms with Gasteiger partial charge in [0.2, 0.25) is 0 Å². The number of halogens is 3. The van der Waals surface area contributed by atoms with Gasteiger partial charge < -0.3 is 10.4 Å². The fourth-order valence-corrected chi connectivity index (χ4v) is 1.60. The third-order valence-electron chi connectivity index (χ3n) is 1.84. The normalized spacial score (nSPS) is 13.2. The maximum Gasteiger partial charge on any atom is 0.446 e. The van der Waals surface area contributed by atoms with E-state index in [1.807, 2.05) is 0 Å². The first-order valence-electron chi connectivity index (χ1n) is 4.63. The van der Waals surface area contributed by atoms with E-state index < -0.39 is 17.5 Å². The Morgan fingerprint density at radius 2 is 1.88 bits per heavy atom. The second kappa shape index (κ2) is 5.31. The van der Waals surface area contributed by atoms with Gasteiger partial charge in [0.15, 0.2) is 0 Å². The van der Waals surface area contributed by atoms with Crippen LogP contribution in [0.1, 0.15) is 6.92 Å². The van der Waals surface area contributed by atoms with Crippen LogP contribution < -0.4 is 5.32 Å². The number of hydrogen-bond acceptors (Lipinski definition) is 3. The highest BCUT2D eigenvalue weighted by Gasteiger charge is 2.29. The molecule has 0 amide bonds. The molecule has 0 bridgehead atoms. The lowest BCUT2D eigenvalue weighted by atomic mass is 10.2. The zero-order valence-corrected chi connectivity index (χ0v) is 9.60. The van der Waals surface area contributed by atoms with Crippen LogP contribution in [0.5, 0.6) is 0 Å². The Labute approximate surface area is 100 Å². The molecule has 94 valence electrons. The number of hydrogen-bond donors (Lipinski definition) is 2. The van der Waals surface area contributed by atoms with Crippen molar-refractivity contribution in [2.24, 2.45) is 0 Å². The molecular weight excluding hydrogens is 255 g/mol. The van der Waals surface area contributed by atoms with Gasteiger partial charge >= 0.3 is 11.5 Å². The Balaban J connectivity index is 2.65. The zero-order chi connectivity index (χ0) is 13.1. The zero-order valence-electron chi connectivity index (χ0n) is 8.78. The van der Waals surface area contributed by atoms with Gasteiger partial charge in [0.1, 0.15) is 6.04 Å². The molecule has 0 aromatic heterocycles. The molecule has 7 heteroatoms. The van der Waals surface area contributed by atoms with E-state index >= 15 is 0 Å². The van der Waals surface area contributed by atoms with Crippen molar-refractivity contribution in [2.75, 3.05) is 5.32 Å². The van der Waals surface area contributed by atoms with Gasteiger partial charge in [-0.05, 0) is 43.0 Å². The van der Waals surface area contributed by atoms with E-state index in [0.29, 0.717) is 5.69 Å². The summed E-state index contributed by atoms with van der Waals surface area (Å²) < 4.78 is 36.1. The predicted octanol–water partition coefficient (Wildman–Crippen LogP) is 3.18. The number of anilines is 1. The lowest BCUT2D eigenvalue weighted by Crippen LogP contribution is -2.25. The summed E-state index contributed by atoms with van der Waals surface area (Å²) in [5, 5.41) is 11.3. The Morgan fingerprint density at radius 3 is 2.29 bits per heavy atom. The summed E-state index contributed by atoms with van der Waals surface area (Å²) in [4.78, 5) is 10.6. The highest BCUT2D eigenvalue weighted by Crippen LogP contribution is 2.37. The first kappa shape index (κ1) is 13.7. The molecule has 2 N–H and O–H groups in total. The van der Waals surface area contributed by atoms with Gasteiger partial charge in [-0.25, -0.2) is 0 Å². The van der Waals surface area contributed by atoms with Crippen molar-refractivity contribution < 1.29 is 23.1 Å². The molecule has 1 rings (SSSR count). The third kappa shape index (κ3) is 4.99. The number of aliphatic carboxylic acids is 1. The summed E-state index contributed by atoms with van der Waals surface area (Å²) in [5.41, 5.74) is -3.85. The SMILES string of the molecule is CC(Nc1ccc(SC(F)(F)F)cc1)C(=O)O. The number of thioether (sulfide) groups is 1. The minimum absolute atomic E-state index is 0.0611. The number of carbonyl (C=O) groups is 1. The number of carboxylic acid groups (broad SMARTS) is 1. The first-order chi connectivity index (χ1) is 7.78. The molecule has 17 heavy (non-hydrogen) atoms. The molecule has 0 radical (unpaired) electrons. The van der Waals surface area contributed by atoms with Gasteiger partial charge in [0, 0.05) is 10.6 Å². The van der Waals surface area contributed by atoms with Crippen LogP contribution in [0.2, 0.25) is 0 Å². The molecule has 0 aliphatic carbocycles. The molecule has 1 unspecified atom stereocenters. The molecule has 0 saturated carbocycles. The molecule has 1 atom stereocenters. The number of alkyl halides is 3. The van der Waals surface area contributed by atoms with Crippen molar-refractivity contribution in [3.63, 3.8) is 0 Å². The summed E-state index contributed by atoms with van der Waals surface area (Å²) >= 11 is -0.209. The number of carboxylic acids is 1. The fourth-order valence-electron chi connectivity index (χ4n) is 1.06. The third-order valence-corrected chi connectivity index (χ3v) is 2.58. The van der Waals surface area contributed by atoms with E-state index in [-0.39, 0.29) is 16.7 Å². The van der Waals surface area contributed by atoms with Gasteiger partial charge in [-0.15, -0.1) is 0 Å². The van der Waals surface area contributed by atoms with Crippen molar-refractivity contribution >= 4 is 23.4 Å². The van der Waals surface area contributed by atoms with Crippen LogP contribution in [0.3, 0.4) is 0 Å². The Hall–Kier alpha value is -1.37. The smallest absolute Gasteiger partial charge is 0.446 e. The summed E-state index contributed by atoms with van der Waals surface area (Å²) in [6, 6.07) is 4.60. The highest BCUT2D eigenvalue weighted by molar-refractivity contribution is 8.00. The topological polar surface area (TPSA) is 49.3 Å². The molecule has 0 saturated heterocycles. The molecule has 0 heterocycles. The molecule has 3 nitrogen and oxygen atoms in total. The van der Waals surface area contributed by atoms with Gasteiger partial charge in [0.05, 0.1) is 0 Å². The van der Waals surface area contributed by atoms with Crippen LogP contribution in [0.25, 0.3) is 0 Å². The maximum absolute atomic E-state index is 12.0. The molecular formula is C10H10F3NO2S. The lowest BCUT2D eigenvalue weighted by molar-refractivity contribution is -0.137. The Kier molecular flexibility index (Phi) is 4.28. The number of benzene rings is 1. The molecule has 0 fully saturated rings. The summed E-state index contributed by atoms with van der Waals surface area (Å²) in [6.07, 6.45) is 0. The first-order valence-corrected chi connectivity index (χ1v) is 5.45. The fraction of sp³-hybridized carbons (Fsp3) is 0.300. The molecule has 1 aromatic rings. The molecule has 0 aliphatic heterocycles. The van der Waals surface area contributed by atoms with Crippen LogP contribution >= 0.6 is 11.8 Å². The van der Waals surface area contributed by atoms with Crippen molar-refractivity contribution in [3.05, 3.63) is 24.3 Å². The van der Waals surface area contributed by atoms with E-state index in [2.05, 4.69) is 5.32 Å². The van der Waals surface area contributed by atoms with Crippen molar-refractivity contribution in [1.29, 1.82) is 0 Å². The quantitative estimate of drug-likeness (QED) is 0.821. The lowest BCUT2D eigenvalue weighted by Gasteiger charge is -2.11. The van der Waals surface area contributed by atoms with E-state index in [1.165, 1.54) is 31.2 Å². The monoisotopic (exact) mass is 265 g/mol. The molecule has 0 aliphatic rings. The van der Waals surface area contributed by atoms with Crippen molar-refractivity contribution in [2.45, 2.75) is 23.4 Å². The number of rotatable bonds is 4. The minimum Gasteiger partial charge on any atom is -0.480 e. The van der Waals surface area contributed by atoms with Crippen molar-refractivity contribution in [1.82, 2.24) is 0 Å². The van der Waals surface area contributed by atoms with E-state index in [1.54, 1.807) is 0 Å². The average Bonchev–Trinajstić information content (AvgIpc) is 2.18. The Morgan fingerprint density at radius 1 is 1.35 bits per heavy atom. The van der Waals surface area contributed by atoms with Gasteiger partial charge in [-0.3, -0.25) is 4.79 Å². The van der Waals surface area contributed by atoms with Gasteiger partial charge in [0.25, 0.3) is 0 Å². The highest BCUT2D eigenvalue weighted by atomic mass is 32.2. The van der Waals surface area contributed by atoms with Gasteiger partial charge in [-0.1, -0.05) is 0 Å². The van der Waals surface area contributed by atoms with Gasteiger partial charge in [-0.2, -0.15) is 13.2 Å². The standard InChI is InChI=1S/C10H10F3NO2S/c1-6(9(15)16)14-7-2-4-8(5-3-7)17-10(11,12)13/h2-6,14H,1H3,(H,15,16). The number of nitrogens with one attached hydrogen (secondary N) is 1. The van der Waals surface area contributed by atoms with Crippen molar-refractivity contribution in [3.8, 4) is 0 Å². The largest absolute Gasteiger partial charge is 0.480 e. The summed E-state index contributed by atoms with van der Waals surface area (Å²) in [5.74, 6) is -1.03. The van der Waals surface area contributed by atoms with Crippen LogP contribution in [-0.2, 0) is 4.79 Å². The minimum atomic E-state index is -4.32. The second-order valence-corrected chi connectivity index (χ2v) is 4.41. The molecule has 1 aromatic carbocycles. The molecule has 0 spiro atoms. The van der Waals surface area contributed by atoms with E-state index in [0.717, 1.165) is 0 Å². The van der Waals surface area contributed by atoms with E-state index in [9.17, 15) is 18.0 Å². The van der Waals surface area contributed by atoms with Crippen LogP contribution in [0.15, 0.2) is 29.2 Å². The second-order valence-electron chi connectivity index (χ2n) is 3.28. The van der Waals surface area contributed by atoms with Crippen LogP contribution in [-0.4, -0.2) is 22.6 Å². The Bertz CT molecular complexity index is 392. The predicted molar refractivity (Wildman–Crippen MR) is 59.1 cm³/mol. The van der Waals surface area contributed by atoms with Crippen LogP contribution in [0, 0.1) is 0 Å². The maximum atomic E-state index is 12.0.